The average Bonchev–Trinajstić information content (AvgIpc) is 3.77. The summed E-state index contributed by atoms with van der Waals surface area (Å²) in [5.41, 5.74) is 16.5. The maximum atomic E-state index is 6.59. The zero-order chi connectivity index (χ0) is 39.5. The van der Waals surface area contributed by atoms with Crippen molar-refractivity contribution in [2.75, 3.05) is 9.80 Å². The van der Waals surface area contributed by atoms with Crippen LogP contribution in [0.25, 0.3) is 49.9 Å². The van der Waals surface area contributed by atoms with Gasteiger partial charge in [0.15, 0.2) is 0 Å². The van der Waals surface area contributed by atoms with Crippen LogP contribution in [0.3, 0.4) is 0 Å². The Morgan fingerprint density at radius 2 is 1.29 bits per heavy atom. The van der Waals surface area contributed by atoms with Crippen LogP contribution in [-0.4, -0.2) is 14.5 Å². The van der Waals surface area contributed by atoms with E-state index in [9.17, 15) is 0 Å². The standard InChI is InChI=1S/C52H40N5O.Pt/c1-33-24-34(2)52(35(3)25-33)39-22-23-53-51(29-39)57-47-17-7-6-16-45(47)46-21-20-44(31-50(46)57)58-43-15-11-14-42(30-43)56-32-55(48-18-8-9-19-49(48)56)41-13-10-12-38(28-41)40-26-36(4)54-37(5)27-40;/h6-29,32H,1-5H3;/q-3;. The van der Waals surface area contributed by atoms with Gasteiger partial charge < -0.3 is 19.1 Å². The molecule has 0 saturated carbocycles. The van der Waals surface area contributed by atoms with Crippen molar-refractivity contribution >= 4 is 44.6 Å². The Hall–Kier alpha value is -6.49. The molecule has 0 fully saturated rings. The minimum atomic E-state index is 0. The summed E-state index contributed by atoms with van der Waals surface area (Å²) in [7, 11) is 0. The minimum Gasteiger partial charge on any atom is -0.509 e. The molecule has 9 aromatic rings. The number of ether oxygens (including phenoxy) is 1. The van der Waals surface area contributed by atoms with Gasteiger partial charge in [-0.25, -0.2) is 4.98 Å². The maximum Gasteiger partial charge on any atom is 0.136 e. The van der Waals surface area contributed by atoms with E-state index < -0.39 is 0 Å². The van der Waals surface area contributed by atoms with Gasteiger partial charge in [0.05, 0.1) is 0 Å². The normalized spacial score (nSPS) is 12.2. The van der Waals surface area contributed by atoms with E-state index in [1.807, 2.05) is 38.2 Å². The first-order valence-corrected chi connectivity index (χ1v) is 19.6. The predicted octanol–water partition coefficient (Wildman–Crippen LogP) is 13.2. The number of nitrogens with zero attached hydrogens (tertiary/aromatic N) is 5. The number of hydrogen-bond acceptors (Lipinski definition) is 5. The molecule has 4 heterocycles. The van der Waals surface area contributed by atoms with Gasteiger partial charge in [0, 0.05) is 72.7 Å². The van der Waals surface area contributed by atoms with Gasteiger partial charge in [0.2, 0.25) is 0 Å². The molecule has 0 unspecified atom stereocenters. The summed E-state index contributed by atoms with van der Waals surface area (Å²) in [5, 5.41) is 2.21. The molecule has 6 aromatic carbocycles. The Morgan fingerprint density at radius 1 is 0.576 bits per heavy atom. The fraction of sp³-hybridized carbons (Fsp3) is 0.0962. The number of para-hydroxylation sites is 3. The van der Waals surface area contributed by atoms with E-state index in [0.717, 1.165) is 78.5 Å². The van der Waals surface area contributed by atoms with Gasteiger partial charge in [0.25, 0.3) is 0 Å². The molecule has 0 amide bonds. The first-order valence-electron chi connectivity index (χ1n) is 19.6. The fourth-order valence-corrected chi connectivity index (χ4v) is 8.60. The van der Waals surface area contributed by atoms with Crippen LogP contribution in [-0.2, 0) is 21.1 Å². The van der Waals surface area contributed by atoms with E-state index in [-0.39, 0.29) is 21.1 Å². The molecule has 10 rings (SSSR count). The molecular weight excluding hydrogens is 906 g/mol. The molecule has 292 valence electrons. The number of anilines is 4. The second-order valence-corrected chi connectivity index (χ2v) is 15.1. The van der Waals surface area contributed by atoms with E-state index in [4.69, 9.17) is 9.72 Å². The molecule has 7 heteroatoms. The molecule has 0 saturated heterocycles. The molecule has 1 aliphatic rings. The topological polar surface area (TPSA) is 46.4 Å². The quantitative estimate of drug-likeness (QED) is 0.149. The van der Waals surface area contributed by atoms with E-state index in [0.29, 0.717) is 11.5 Å². The number of aromatic nitrogens is 3. The van der Waals surface area contributed by atoms with Crippen molar-refractivity contribution in [2.24, 2.45) is 0 Å². The zero-order valence-electron chi connectivity index (χ0n) is 33.4. The molecular formula is C52H40N5OPt-3. The van der Waals surface area contributed by atoms with Crippen LogP contribution in [0.4, 0.5) is 22.7 Å². The Balaban J connectivity index is 0.00000449. The summed E-state index contributed by atoms with van der Waals surface area (Å²) in [4.78, 5) is 13.9. The van der Waals surface area contributed by atoms with Crippen LogP contribution in [0.2, 0.25) is 0 Å². The summed E-state index contributed by atoms with van der Waals surface area (Å²) >= 11 is 0. The molecule has 0 spiro atoms. The maximum absolute atomic E-state index is 6.59. The Bertz CT molecular complexity index is 3020. The van der Waals surface area contributed by atoms with Gasteiger partial charge in [-0.15, -0.1) is 48.1 Å². The number of rotatable bonds is 7. The molecule has 6 nitrogen and oxygen atoms in total. The molecule has 1 aliphatic heterocycles. The van der Waals surface area contributed by atoms with Gasteiger partial charge in [0.1, 0.15) is 5.82 Å². The smallest absolute Gasteiger partial charge is 0.136 e. The monoisotopic (exact) mass is 945 g/mol. The third kappa shape index (κ3) is 6.98. The molecule has 0 radical (unpaired) electrons. The first-order chi connectivity index (χ1) is 28.3. The SMILES string of the molecule is Cc1cc(C)c(-c2ccnc(-n3c4[c-]c(Oc5[c-]c(N6[CH-]N(c7cccc(-c8cc(C)nc(C)c8)c7)c7ccccc76)ccc5)ccc4c4ccccc43)c2)c(C)c1.[Pt]. The summed E-state index contributed by atoms with van der Waals surface area (Å²) in [5.74, 6) is 2.02. The number of fused-ring (bicyclic) bond motifs is 4. The van der Waals surface area contributed by atoms with E-state index in [1.54, 1.807) is 0 Å². The molecule has 0 aliphatic carbocycles. The van der Waals surface area contributed by atoms with Crippen LogP contribution in [0.1, 0.15) is 28.1 Å². The van der Waals surface area contributed by atoms with Crippen molar-refractivity contribution in [1.82, 2.24) is 14.5 Å². The molecule has 0 N–H and O–H groups in total. The second-order valence-electron chi connectivity index (χ2n) is 15.1. The largest absolute Gasteiger partial charge is 0.509 e. The van der Waals surface area contributed by atoms with Crippen LogP contribution >= 0.6 is 0 Å². The average molecular weight is 946 g/mol. The van der Waals surface area contributed by atoms with E-state index >= 15 is 0 Å². The molecule has 3 aromatic heterocycles. The van der Waals surface area contributed by atoms with Gasteiger partial charge in [-0.1, -0.05) is 65.7 Å². The first kappa shape index (κ1) is 38.0. The molecule has 59 heavy (non-hydrogen) atoms. The van der Waals surface area contributed by atoms with Crippen LogP contribution in [0.15, 0.2) is 146 Å². The number of aryl methyl sites for hydroxylation is 5. The second kappa shape index (κ2) is 15.4. The van der Waals surface area contributed by atoms with Crippen molar-refractivity contribution in [3.63, 3.8) is 0 Å². The third-order valence-electron chi connectivity index (χ3n) is 10.9. The van der Waals surface area contributed by atoms with Crippen LogP contribution < -0.4 is 14.5 Å². The van der Waals surface area contributed by atoms with Crippen molar-refractivity contribution in [2.45, 2.75) is 34.6 Å². The Labute approximate surface area is 359 Å². The predicted molar refractivity (Wildman–Crippen MR) is 237 cm³/mol. The van der Waals surface area contributed by atoms with Crippen molar-refractivity contribution in [1.29, 1.82) is 0 Å². The van der Waals surface area contributed by atoms with Crippen LogP contribution in [0, 0.1) is 53.4 Å². The summed E-state index contributed by atoms with van der Waals surface area (Å²) < 4.78 is 8.78. The van der Waals surface area contributed by atoms with Crippen molar-refractivity contribution in [3.05, 3.63) is 193 Å². The van der Waals surface area contributed by atoms with Gasteiger partial charge in [-0.2, -0.15) is 12.1 Å². The summed E-state index contributed by atoms with van der Waals surface area (Å²) in [6.45, 7) is 12.7. The van der Waals surface area contributed by atoms with Gasteiger partial charge in [-0.3, -0.25) is 4.98 Å². The number of benzene rings is 6. The van der Waals surface area contributed by atoms with E-state index in [2.05, 4.69) is 180 Å². The fourth-order valence-electron chi connectivity index (χ4n) is 8.60. The van der Waals surface area contributed by atoms with Gasteiger partial charge >= 0.3 is 0 Å². The molecule has 0 bridgehead atoms. The Morgan fingerprint density at radius 3 is 2.08 bits per heavy atom. The zero-order valence-corrected chi connectivity index (χ0v) is 35.7. The Kier molecular flexibility index (Phi) is 9.90. The van der Waals surface area contributed by atoms with Gasteiger partial charge in [-0.05, 0) is 128 Å². The summed E-state index contributed by atoms with van der Waals surface area (Å²) in [6.07, 6.45) is 1.90. The minimum absolute atomic E-state index is 0. The molecule has 0 atom stereocenters. The van der Waals surface area contributed by atoms with Crippen molar-refractivity contribution < 1.29 is 25.8 Å². The number of pyridine rings is 2. The number of hydrogen-bond donors (Lipinski definition) is 0. The van der Waals surface area contributed by atoms with E-state index in [1.165, 1.54) is 22.3 Å². The third-order valence-corrected chi connectivity index (χ3v) is 10.9. The summed E-state index contributed by atoms with van der Waals surface area (Å²) in [6, 6.07) is 55.9. The van der Waals surface area contributed by atoms with Crippen LogP contribution in [0.5, 0.6) is 11.5 Å². The van der Waals surface area contributed by atoms with Crippen molar-refractivity contribution in [3.8, 4) is 39.6 Å².